The van der Waals surface area contributed by atoms with Gasteiger partial charge in [0.2, 0.25) is 11.8 Å². The summed E-state index contributed by atoms with van der Waals surface area (Å²) < 4.78 is 32.1. The van der Waals surface area contributed by atoms with Gasteiger partial charge in [0.15, 0.2) is 9.84 Å². The monoisotopic (exact) mass is 475 g/mol. The minimum Gasteiger partial charge on any atom is -0.421 e. The average molecular weight is 476 g/mol. The topological polar surface area (TPSA) is 113 Å². The molecule has 10 heteroatoms. The van der Waals surface area contributed by atoms with Gasteiger partial charge in [-0.15, -0.1) is 10.2 Å². The first-order valence-corrected chi connectivity index (χ1v) is 12.3. The third-order valence-electron chi connectivity index (χ3n) is 5.68. The smallest absolute Gasteiger partial charge is 0.329 e. The molecule has 3 aromatic heterocycles. The van der Waals surface area contributed by atoms with Crippen LogP contribution in [0, 0.1) is 6.92 Å². The number of pyridine rings is 1. The molecule has 0 aliphatic rings. The molecule has 0 bridgehead atoms. The van der Waals surface area contributed by atoms with Crippen molar-refractivity contribution >= 4 is 20.9 Å². The van der Waals surface area contributed by atoms with Gasteiger partial charge >= 0.3 is 5.69 Å². The number of hydrogen-bond acceptors (Lipinski definition) is 7. The average Bonchev–Trinajstić information content (AvgIpc) is 3.36. The SMILES string of the molecule is Cc1nnc(-c2ccc(Cn3c(=O)n(C)c4cc(-c5ccc(S(C)(=O)=O)cc5)ccc43)nc2)o1. The maximum Gasteiger partial charge on any atom is 0.329 e. The van der Waals surface area contributed by atoms with Crippen molar-refractivity contribution in [3.8, 4) is 22.6 Å². The molecule has 9 nitrogen and oxygen atoms in total. The Balaban J connectivity index is 1.47. The zero-order chi connectivity index (χ0) is 24.0. The number of hydrogen-bond donors (Lipinski definition) is 0. The zero-order valence-corrected chi connectivity index (χ0v) is 19.6. The van der Waals surface area contributed by atoms with Crippen LogP contribution in [-0.4, -0.2) is 39.0 Å². The number of fused-ring (bicyclic) bond motifs is 1. The van der Waals surface area contributed by atoms with Crippen LogP contribution in [0.5, 0.6) is 0 Å². The molecular formula is C24H21N5O4S. The van der Waals surface area contributed by atoms with Crippen LogP contribution in [-0.2, 0) is 23.4 Å². The number of imidazole rings is 1. The Kier molecular flexibility index (Phi) is 5.17. The van der Waals surface area contributed by atoms with Crippen molar-refractivity contribution in [3.63, 3.8) is 0 Å². The zero-order valence-electron chi connectivity index (χ0n) is 18.8. The Morgan fingerprint density at radius 2 is 1.62 bits per heavy atom. The predicted octanol–water partition coefficient (Wildman–Crippen LogP) is 3.21. The third kappa shape index (κ3) is 3.92. The molecule has 172 valence electrons. The summed E-state index contributed by atoms with van der Waals surface area (Å²) in [5.41, 5.74) is 4.57. The highest BCUT2D eigenvalue weighted by molar-refractivity contribution is 7.90. The van der Waals surface area contributed by atoms with Gasteiger partial charge in [0.1, 0.15) is 0 Å². The second kappa shape index (κ2) is 8.07. The van der Waals surface area contributed by atoms with Gasteiger partial charge in [-0.1, -0.05) is 18.2 Å². The number of rotatable bonds is 5. The molecule has 0 saturated carbocycles. The molecule has 5 aromatic rings. The van der Waals surface area contributed by atoms with E-state index in [1.807, 2.05) is 30.3 Å². The van der Waals surface area contributed by atoms with E-state index in [-0.39, 0.29) is 10.6 Å². The standard InChI is InChI=1S/C24H21N5O4S/c1-15-26-27-23(33-15)18-4-8-19(25-13-18)14-29-21-11-7-17(12-22(21)28(2)24(29)30)16-5-9-20(10-6-16)34(3,31)32/h4-13H,14H2,1-3H3. The van der Waals surface area contributed by atoms with Gasteiger partial charge in [0.05, 0.1) is 33.7 Å². The quantitative estimate of drug-likeness (QED) is 0.384. The van der Waals surface area contributed by atoms with Crippen LogP contribution in [0.4, 0.5) is 0 Å². The summed E-state index contributed by atoms with van der Waals surface area (Å²) in [5, 5.41) is 7.82. The van der Waals surface area contributed by atoms with E-state index in [9.17, 15) is 13.2 Å². The molecule has 0 amide bonds. The van der Waals surface area contributed by atoms with Crippen LogP contribution < -0.4 is 5.69 Å². The summed E-state index contributed by atoms with van der Waals surface area (Å²) in [5.74, 6) is 0.878. The number of aryl methyl sites for hydroxylation is 2. The molecular weight excluding hydrogens is 454 g/mol. The summed E-state index contributed by atoms with van der Waals surface area (Å²) in [4.78, 5) is 17.7. The van der Waals surface area contributed by atoms with Crippen molar-refractivity contribution in [3.05, 3.63) is 82.9 Å². The second-order valence-corrected chi connectivity index (χ2v) is 10.1. The fraction of sp³-hybridized carbons (Fsp3) is 0.167. The molecule has 0 unspecified atom stereocenters. The largest absolute Gasteiger partial charge is 0.421 e. The van der Waals surface area contributed by atoms with E-state index in [4.69, 9.17) is 4.42 Å². The number of nitrogens with zero attached hydrogens (tertiary/aromatic N) is 5. The maximum absolute atomic E-state index is 13.0. The van der Waals surface area contributed by atoms with Gasteiger partial charge < -0.3 is 4.42 Å². The van der Waals surface area contributed by atoms with Crippen molar-refractivity contribution in [1.82, 2.24) is 24.3 Å². The highest BCUT2D eigenvalue weighted by Crippen LogP contribution is 2.26. The van der Waals surface area contributed by atoms with Crippen molar-refractivity contribution < 1.29 is 12.8 Å². The van der Waals surface area contributed by atoms with Crippen molar-refractivity contribution in [2.75, 3.05) is 6.26 Å². The van der Waals surface area contributed by atoms with E-state index in [1.54, 1.807) is 53.6 Å². The molecule has 0 aliphatic heterocycles. The van der Waals surface area contributed by atoms with Crippen molar-refractivity contribution in [1.29, 1.82) is 0 Å². The lowest BCUT2D eigenvalue weighted by Crippen LogP contribution is -2.23. The summed E-state index contributed by atoms with van der Waals surface area (Å²) >= 11 is 0. The van der Waals surface area contributed by atoms with E-state index >= 15 is 0 Å². The van der Waals surface area contributed by atoms with Crippen LogP contribution in [0.2, 0.25) is 0 Å². The molecule has 0 aliphatic carbocycles. The van der Waals surface area contributed by atoms with Gasteiger partial charge in [-0.2, -0.15) is 0 Å². The summed E-state index contributed by atoms with van der Waals surface area (Å²) in [6, 6.07) is 16.1. The van der Waals surface area contributed by atoms with Gasteiger partial charge in [-0.3, -0.25) is 14.1 Å². The molecule has 5 rings (SSSR count). The summed E-state index contributed by atoms with van der Waals surface area (Å²) in [6.45, 7) is 2.03. The molecule has 0 spiro atoms. The Hall–Kier alpha value is -4.05. The molecule has 0 N–H and O–H groups in total. The number of benzene rings is 2. The lowest BCUT2D eigenvalue weighted by molar-refractivity contribution is 0.532. The van der Waals surface area contributed by atoms with Crippen LogP contribution in [0.25, 0.3) is 33.6 Å². The van der Waals surface area contributed by atoms with E-state index in [0.717, 1.165) is 27.9 Å². The van der Waals surface area contributed by atoms with E-state index in [2.05, 4.69) is 15.2 Å². The summed E-state index contributed by atoms with van der Waals surface area (Å²) in [6.07, 6.45) is 2.83. The van der Waals surface area contributed by atoms with Crippen molar-refractivity contribution in [2.45, 2.75) is 18.4 Å². The molecule has 0 radical (unpaired) electrons. The van der Waals surface area contributed by atoms with Crippen LogP contribution in [0.1, 0.15) is 11.6 Å². The molecule has 3 heterocycles. The highest BCUT2D eigenvalue weighted by atomic mass is 32.2. The Labute approximate surface area is 195 Å². The van der Waals surface area contributed by atoms with E-state index in [1.165, 1.54) is 6.26 Å². The van der Waals surface area contributed by atoms with Crippen LogP contribution in [0.15, 0.2) is 74.9 Å². The third-order valence-corrected chi connectivity index (χ3v) is 6.81. The first-order chi connectivity index (χ1) is 16.2. The molecule has 0 atom stereocenters. The van der Waals surface area contributed by atoms with Crippen LogP contribution >= 0.6 is 0 Å². The van der Waals surface area contributed by atoms with Gasteiger partial charge in [-0.25, -0.2) is 13.2 Å². The predicted molar refractivity (Wildman–Crippen MR) is 127 cm³/mol. The first kappa shape index (κ1) is 21.8. The molecule has 2 aromatic carbocycles. The van der Waals surface area contributed by atoms with Gasteiger partial charge in [0, 0.05) is 26.4 Å². The molecule has 0 fully saturated rings. The van der Waals surface area contributed by atoms with E-state index in [0.29, 0.717) is 23.9 Å². The Morgan fingerprint density at radius 3 is 2.24 bits per heavy atom. The minimum absolute atomic E-state index is 0.155. The molecule has 34 heavy (non-hydrogen) atoms. The first-order valence-electron chi connectivity index (χ1n) is 10.5. The highest BCUT2D eigenvalue weighted by Gasteiger charge is 2.14. The fourth-order valence-corrected chi connectivity index (χ4v) is 4.48. The minimum atomic E-state index is -3.26. The van der Waals surface area contributed by atoms with E-state index < -0.39 is 9.84 Å². The normalized spacial score (nSPS) is 11.9. The van der Waals surface area contributed by atoms with Gasteiger partial charge in [0.25, 0.3) is 0 Å². The molecule has 0 saturated heterocycles. The van der Waals surface area contributed by atoms with Crippen LogP contribution in [0.3, 0.4) is 0 Å². The Morgan fingerprint density at radius 1 is 0.912 bits per heavy atom. The maximum atomic E-state index is 13.0. The number of aromatic nitrogens is 5. The lowest BCUT2D eigenvalue weighted by Gasteiger charge is -2.06. The van der Waals surface area contributed by atoms with Gasteiger partial charge in [-0.05, 0) is 47.5 Å². The number of sulfone groups is 1. The lowest BCUT2D eigenvalue weighted by atomic mass is 10.1. The van der Waals surface area contributed by atoms with Crippen molar-refractivity contribution in [2.24, 2.45) is 7.05 Å². The fourth-order valence-electron chi connectivity index (χ4n) is 3.85. The summed E-state index contributed by atoms with van der Waals surface area (Å²) in [7, 11) is -1.53. The second-order valence-electron chi connectivity index (χ2n) is 8.09. The Bertz CT molecular complexity index is 1680.